The van der Waals surface area contributed by atoms with Gasteiger partial charge in [0.25, 0.3) is 0 Å². The van der Waals surface area contributed by atoms with E-state index in [9.17, 15) is 0 Å². The lowest BCUT2D eigenvalue weighted by molar-refractivity contribution is 0.332. The summed E-state index contributed by atoms with van der Waals surface area (Å²) in [5.74, 6) is 0.935. The highest BCUT2D eigenvalue weighted by Crippen LogP contribution is 2.25. The minimum absolute atomic E-state index is 0.681. The molecule has 2 nitrogen and oxygen atoms in total. The van der Waals surface area contributed by atoms with E-state index in [-0.39, 0.29) is 0 Å². The van der Waals surface area contributed by atoms with Crippen LogP contribution in [0.15, 0.2) is 4.99 Å². The maximum atomic E-state index is 4.50. The van der Waals surface area contributed by atoms with E-state index in [2.05, 4.69) is 24.2 Å². The van der Waals surface area contributed by atoms with E-state index in [0.717, 1.165) is 12.5 Å². The van der Waals surface area contributed by atoms with Gasteiger partial charge in [-0.3, -0.25) is 4.99 Å². The Kier molecular flexibility index (Phi) is 3.37. The molecule has 0 saturated heterocycles. The predicted octanol–water partition coefficient (Wildman–Crippen LogP) is 2.65. The van der Waals surface area contributed by atoms with Gasteiger partial charge in [0.05, 0.1) is 6.54 Å². The molecule has 0 radical (unpaired) electrons. The number of amidine groups is 1. The van der Waals surface area contributed by atoms with Crippen LogP contribution in [0, 0.1) is 5.92 Å². The van der Waals surface area contributed by atoms with Gasteiger partial charge in [0.1, 0.15) is 0 Å². The van der Waals surface area contributed by atoms with Gasteiger partial charge < -0.3 is 5.32 Å². The Morgan fingerprint density at radius 3 is 2.50 bits per heavy atom. The van der Waals surface area contributed by atoms with Gasteiger partial charge in [-0.15, -0.1) is 0 Å². The quantitative estimate of drug-likeness (QED) is 0.722. The second-order valence-electron chi connectivity index (χ2n) is 4.68. The van der Waals surface area contributed by atoms with Crippen LogP contribution < -0.4 is 5.32 Å². The molecule has 0 spiro atoms. The minimum atomic E-state index is 0.681. The standard InChI is InChI=1S/C11H20N2S/c1-8-3-5-10(6-4-8)13-11-12-7-9(2)14-11/h8-10H,3-7H2,1-2H3,(H,12,13). The lowest BCUT2D eigenvalue weighted by Crippen LogP contribution is -2.35. The van der Waals surface area contributed by atoms with Crippen LogP contribution in [0.4, 0.5) is 0 Å². The molecule has 14 heavy (non-hydrogen) atoms. The Labute approximate surface area is 90.9 Å². The van der Waals surface area contributed by atoms with Crippen molar-refractivity contribution in [2.75, 3.05) is 6.54 Å². The molecule has 2 rings (SSSR count). The Bertz CT molecular complexity index is 219. The highest BCUT2D eigenvalue weighted by atomic mass is 32.2. The fraction of sp³-hybridized carbons (Fsp3) is 0.909. The van der Waals surface area contributed by atoms with E-state index in [1.54, 1.807) is 0 Å². The summed E-state index contributed by atoms with van der Waals surface area (Å²) in [5.41, 5.74) is 0. The van der Waals surface area contributed by atoms with E-state index in [1.165, 1.54) is 30.9 Å². The van der Waals surface area contributed by atoms with E-state index < -0.39 is 0 Å². The van der Waals surface area contributed by atoms with Gasteiger partial charge in [0.2, 0.25) is 0 Å². The molecule has 1 fully saturated rings. The van der Waals surface area contributed by atoms with Crippen molar-refractivity contribution < 1.29 is 0 Å². The molecular formula is C11H20N2S. The van der Waals surface area contributed by atoms with Gasteiger partial charge in [0, 0.05) is 11.3 Å². The molecule has 0 bridgehead atoms. The molecule has 1 saturated carbocycles. The summed E-state index contributed by atoms with van der Waals surface area (Å²) < 4.78 is 0. The largest absolute Gasteiger partial charge is 0.362 e. The highest BCUT2D eigenvalue weighted by Gasteiger charge is 2.21. The summed E-state index contributed by atoms with van der Waals surface area (Å²) in [6.45, 7) is 5.60. The highest BCUT2D eigenvalue weighted by molar-refractivity contribution is 8.14. The predicted molar refractivity (Wildman–Crippen MR) is 63.9 cm³/mol. The topological polar surface area (TPSA) is 24.4 Å². The average molecular weight is 212 g/mol. The monoisotopic (exact) mass is 212 g/mol. The normalized spacial score (nSPS) is 38.1. The number of thioether (sulfide) groups is 1. The molecule has 0 aromatic carbocycles. The first-order valence-corrected chi connectivity index (χ1v) is 6.59. The molecule has 0 aromatic heterocycles. The Hall–Kier alpha value is -0.180. The van der Waals surface area contributed by atoms with Crippen LogP contribution in [0.3, 0.4) is 0 Å². The Morgan fingerprint density at radius 2 is 1.93 bits per heavy atom. The van der Waals surface area contributed by atoms with Gasteiger partial charge in [0.15, 0.2) is 5.17 Å². The number of nitrogens with one attached hydrogen (secondary N) is 1. The van der Waals surface area contributed by atoms with Gasteiger partial charge in [-0.25, -0.2) is 0 Å². The maximum absolute atomic E-state index is 4.50. The van der Waals surface area contributed by atoms with Crippen molar-refractivity contribution in [1.82, 2.24) is 5.32 Å². The lowest BCUT2D eigenvalue weighted by Gasteiger charge is -2.27. The Morgan fingerprint density at radius 1 is 1.21 bits per heavy atom. The van der Waals surface area contributed by atoms with Crippen molar-refractivity contribution in [2.45, 2.75) is 50.8 Å². The SMILES string of the molecule is CC1CCC(NC2=NCC(C)S2)CC1. The van der Waals surface area contributed by atoms with Crippen molar-refractivity contribution in [2.24, 2.45) is 10.9 Å². The summed E-state index contributed by atoms with van der Waals surface area (Å²) in [7, 11) is 0. The van der Waals surface area contributed by atoms with E-state index in [0.29, 0.717) is 11.3 Å². The molecule has 1 aliphatic carbocycles. The fourth-order valence-electron chi connectivity index (χ4n) is 2.14. The number of aliphatic imine (C=N–C) groups is 1. The molecule has 1 N–H and O–H groups in total. The molecule has 1 aliphatic heterocycles. The van der Waals surface area contributed by atoms with Crippen LogP contribution in [0.5, 0.6) is 0 Å². The average Bonchev–Trinajstić information content (AvgIpc) is 2.56. The third-order valence-corrected chi connectivity index (χ3v) is 4.17. The number of rotatable bonds is 1. The van der Waals surface area contributed by atoms with Crippen LogP contribution in [0.1, 0.15) is 39.5 Å². The third kappa shape index (κ3) is 2.66. The van der Waals surface area contributed by atoms with Gasteiger partial charge in [-0.05, 0) is 31.6 Å². The van der Waals surface area contributed by atoms with Gasteiger partial charge in [-0.1, -0.05) is 25.6 Å². The minimum Gasteiger partial charge on any atom is -0.362 e. The molecule has 0 aromatic rings. The van der Waals surface area contributed by atoms with Crippen LogP contribution in [0.2, 0.25) is 0 Å². The zero-order valence-corrected chi connectivity index (χ0v) is 9.94. The number of hydrogen-bond acceptors (Lipinski definition) is 3. The van der Waals surface area contributed by atoms with Crippen molar-refractivity contribution in [3.05, 3.63) is 0 Å². The summed E-state index contributed by atoms with van der Waals surface area (Å²) in [6, 6.07) is 0.697. The second-order valence-corrected chi connectivity index (χ2v) is 6.10. The molecule has 80 valence electrons. The molecule has 0 amide bonds. The fourth-order valence-corrected chi connectivity index (χ4v) is 3.05. The number of hydrogen-bond donors (Lipinski definition) is 1. The Balaban J connectivity index is 1.75. The number of nitrogens with zero attached hydrogens (tertiary/aromatic N) is 1. The maximum Gasteiger partial charge on any atom is 0.157 e. The van der Waals surface area contributed by atoms with Crippen LogP contribution in [-0.4, -0.2) is 23.0 Å². The van der Waals surface area contributed by atoms with E-state index >= 15 is 0 Å². The van der Waals surface area contributed by atoms with Crippen molar-refractivity contribution >= 4 is 16.9 Å². The zero-order chi connectivity index (χ0) is 9.97. The van der Waals surface area contributed by atoms with E-state index in [4.69, 9.17) is 0 Å². The first kappa shape index (κ1) is 10.3. The first-order valence-electron chi connectivity index (χ1n) is 5.71. The summed E-state index contributed by atoms with van der Waals surface area (Å²) in [6.07, 6.45) is 5.42. The molecule has 1 atom stereocenters. The van der Waals surface area contributed by atoms with Crippen LogP contribution in [0.25, 0.3) is 0 Å². The van der Waals surface area contributed by atoms with E-state index in [1.807, 2.05) is 11.8 Å². The second kappa shape index (κ2) is 4.56. The summed E-state index contributed by atoms with van der Waals surface area (Å²) in [5, 5.41) is 5.45. The zero-order valence-electron chi connectivity index (χ0n) is 9.12. The third-order valence-electron chi connectivity index (χ3n) is 3.15. The summed E-state index contributed by atoms with van der Waals surface area (Å²) >= 11 is 1.90. The van der Waals surface area contributed by atoms with Crippen molar-refractivity contribution in [3.8, 4) is 0 Å². The first-order chi connectivity index (χ1) is 6.74. The van der Waals surface area contributed by atoms with Gasteiger partial charge in [-0.2, -0.15) is 0 Å². The molecule has 1 unspecified atom stereocenters. The molecule has 1 heterocycles. The van der Waals surface area contributed by atoms with Gasteiger partial charge >= 0.3 is 0 Å². The van der Waals surface area contributed by atoms with Crippen molar-refractivity contribution in [1.29, 1.82) is 0 Å². The molecule has 3 heteroatoms. The smallest absolute Gasteiger partial charge is 0.157 e. The van der Waals surface area contributed by atoms with Crippen LogP contribution in [-0.2, 0) is 0 Å². The molecule has 2 aliphatic rings. The summed E-state index contributed by atoms with van der Waals surface area (Å²) in [4.78, 5) is 4.50. The van der Waals surface area contributed by atoms with Crippen molar-refractivity contribution in [3.63, 3.8) is 0 Å². The van der Waals surface area contributed by atoms with Crippen LogP contribution >= 0.6 is 11.8 Å². The lowest BCUT2D eigenvalue weighted by atomic mass is 9.87. The molecular weight excluding hydrogens is 192 g/mol.